The maximum absolute atomic E-state index is 11.7. The van der Waals surface area contributed by atoms with Gasteiger partial charge in [-0.25, -0.2) is 0 Å². The van der Waals surface area contributed by atoms with Crippen molar-refractivity contribution in [2.45, 2.75) is 12.5 Å². The molecule has 0 spiro atoms. The van der Waals surface area contributed by atoms with Gasteiger partial charge < -0.3 is 15.4 Å². The van der Waals surface area contributed by atoms with Crippen LogP contribution in [0, 0.1) is 0 Å². The maximum atomic E-state index is 11.7. The largest absolute Gasteiger partial charge is 0.496 e. The summed E-state index contributed by atoms with van der Waals surface area (Å²) in [6.45, 7) is 1.85. The predicted molar refractivity (Wildman–Crippen MR) is 59.6 cm³/mol. The summed E-state index contributed by atoms with van der Waals surface area (Å²) in [7, 11) is 1.60. The van der Waals surface area contributed by atoms with Gasteiger partial charge in [0.1, 0.15) is 5.75 Å². The fourth-order valence-electron chi connectivity index (χ4n) is 1.58. The molecule has 2 heterocycles. The highest BCUT2D eigenvalue weighted by atomic mass is 32.1. The summed E-state index contributed by atoms with van der Waals surface area (Å²) in [6, 6.07) is 2.04. The molecule has 1 saturated heterocycles. The third kappa shape index (κ3) is 2.49. The molecular formula is C10H14N2O2S. The van der Waals surface area contributed by atoms with Crippen LogP contribution in [-0.4, -0.2) is 32.1 Å². The van der Waals surface area contributed by atoms with Crippen LogP contribution >= 0.6 is 11.3 Å². The topological polar surface area (TPSA) is 50.4 Å². The first-order valence-corrected chi connectivity index (χ1v) is 5.81. The van der Waals surface area contributed by atoms with E-state index < -0.39 is 0 Å². The molecule has 1 atom stereocenters. The van der Waals surface area contributed by atoms with Crippen molar-refractivity contribution in [3.05, 3.63) is 16.3 Å². The Kier molecular flexibility index (Phi) is 3.23. The van der Waals surface area contributed by atoms with E-state index in [1.165, 1.54) is 11.3 Å². The van der Waals surface area contributed by atoms with E-state index in [9.17, 15) is 4.79 Å². The first-order valence-electron chi connectivity index (χ1n) is 4.93. The van der Waals surface area contributed by atoms with Gasteiger partial charge in [-0.05, 0) is 13.0 Å². The summed E-state index contributed by atoms with van der Waals surface area (Å²) in [5.41, 5.74) is 0. The average Bonchev–Trinajstić information content (AvgIpc) is 2.86. The zero-order chi connectivity index (χ0) is 10.7. The highest BCUT2D eigenvalue weighted by molar-refractivity contribution is 7.12. The normalized spacial score (nSPS) is 20.2. The highest BCUT2D eigenvalue weighted by Gasteiger charge is 2.18. The number of nitrogens with one attached hydrogen (secondary N) is 2. The minimum atomic E-state index is -0.00278. The lowest BCUT2D eigenvalue weighted by molar-refractivity contribution is 0.0944. The molecule has 82 valence electrons. The van der Waals surface area contributed by atoms with Gasteiger partial charge >= 0.3 is 0 Å². The number of methoxy groups -OCH3 is 1. The van der Waals surface area contributed by atoms with Gasteiger partial charge in [0, 0.05) is 24.0 Å². The summed E-state index contributed by atoms with van der Waals surface area (Å²) in [6.07, 6.45) is 1.01. The van der Waals surface area contributed by atoms with Gasteiger partial charge in [0.05, 0.1) is 12.0 Å². The predicted octanol–water partition coefficient (Wildman–Crippen LogP) is 0.848. The number of hydrogen-bond acceptors (Lipinski definition) is 4. The second-order valence-corrected chi connectivity index (χ2v) is 4.43. The van der Waals surface area contributed by atoms with E-state index in [0.717, 1.165) is 25.3 Å². The first-order chi connectivity index (χ1) is 7.29. The third-order valence-corrected chi connectivity index (χ3v) is 3.34. The summed E-state index contributed by atoms with van der Waals surface area (Å²) in [5.74, 6) is 0.742. The van der Waals surface area contributed by atoms with Crippen LogP contribution in [0.4, 0.5) is 0 Å². The van der Waals surface area contributed by atoms with E-state index in [1.807, 2.05) is 5.38 Å². The average molecular weight is 226 g/mol. The van der Waals surface area contributed by atoms with Gasteiger partial charge in [0.25, 0.3) is 5.91 Å². The zero-order valence-electron chi connectivity index (χ0n) is 8.58. The minimum Gasteiger partial charge on any atom is -0.496 e. The first kappa shape index (κ1) is 10.4. The summed E-state index contributed by atoms with van der Waals surface area (Å²) in [4.78, 5) is 12.5. The van der Waals surface area contributed by atoms with Gasteiger partial charge in [0.2, 0.25) is 0 Å². The molecular weight excluding hydrogens is 212 g/mol. The van der Waals surface area contributed by atoms with Crippen LogP contribution in [0.5, 0.6) is 5.75 Å². The van der Waals surface area contributed by atoms with Crippen molar-refractivity contribution >= 4 is 17.2 Å². The van der Waals surface area contributed by atoms with E-state index in [2.05, 4.69) is 10.6 Å². The monoisotopic (exact) mass is 226 g/mol. The SMILES string of the molecule is COc1csc(C(=O)N[C@H]2CCNC2)c1. The van der Waals surface area contributed by atoms with Crippen LogP contribution in [0.15, 0.2) is 11.4 Å². The number of ether oxygens (including phenoxy) is 1. The number of rotatable bonds is 3. The van der Waals surface area contributed by atoms with Crippen molar-refractivity contribution in [1.82, 2.24) is 10.6 Å². The Labute approximate surface area is 92.6 Å². The van der Waals surface area contributed by atoms with E-state index in [4.69, 9.17) is 4.74 Å². The number of amides is 1. The Balaban J connectivity index is 1.94. The molecule has 0 aliphatic carbocycles. The van der Waals surface area contributed by atoms with Crippen LogP contribution in [-0.2, 0) is 0 Å². The molecule has 1 aromatic heterocycles. The van der Waals surface area contributed by atoms with E-state index in [-0.39, 0.29) is 11.9 Å². The van der Waals surface area contributed by atoms with E-state index in [1.54, 1.807) is 13.2 Å². The molecule has 1 fully saturated rings. The Morgan fingerprint density at radius 1 is 1.73 bits per heavy atom. The fraction of sp³-hybridized carbons (Fsp3) is 0.500. The summed E-state index contributed by atoms with van der Waals surface area (Å²) in [5, 5.41) is 8.03. The van der Waals surface area contributed by atoms with E-state index in [0.29, 0.717) is 4.88 Å². The second-order valence-electron chi connectivity index (χ2n) is 3.51. The molecule has 0 radical (unpaired) electrons. The lowest BCUT2D eigenvalue weighted by Crippen LogP contribution is -2.35. The van der Waals surface area contributed by atoms with Gasteiger partial charge in [-0.15, -0.1) is 11.3 Å². The second kappa shape index (κ2) is 4.63. The van der Waals surface area contributed by atoms with Crippen molar-refractivity contribution in [2.24, 2.45) is 0 Å². The standard InChI is InChI=1S/C10H14N2O2S/c1-14-8-4-9(15-6-8)10(13)12-7-2-3-11-5-7/h4,6-7,11H,2-3,5H2,1H3,(H,12,13)/t7-/m0/s1. The van der Waals surface area contributed by atoms with Gasteiger partial charge in [-0.1, -0.05) is 0 Å². The molecule has 1 aliphatic heterocycles. The van der Waals surface area contributed by atoms with Crippen LogP contribution in [0.3, 0.4) is 0 Å². The number of carbonyl (C=O) groups is 1. The Morgan fingerprint density at radius 3 is 3.20 bits per heavy atom. The smallest absolute Gasteiger partial charge is 0.261 e. The quantitative estimate of drug-likeness (QED) is 0.803. The van der Waals surface area contributed by atoms with Crippen molar-refractivity contribution in [1.29, 1.82) is 0 Å². The number of hydrogen-bond donors (Lipinski definition) is 2. The van der Waals surface area contributed by atoms with Gasteiger partial charge in [-0.2, -0.15) is 0 Å². The van der Waals surface area contributed by atoms with Crippen molar-refractivity contribution in [3.63, 3.8) is 0 Å². The van der Waals surface area contributed by atoms with Crippen molar-refractivity contribution in [3.8, 4) is 5.75 Å². The summed E-state index contributed by atoms with van der Waals surface area (Å²) < 4.78 is 5.03. The fourth-order valence-corrected chi connectivity index (χ4v) is 2.34. The van der Waals surface area contributed by atoms with Gasteiger partial charge in [0.15, 0.2) is 0 Å². The molecule has 1 aliphatic rings. The molecule has 5 heteroatoms. The third-order valence-electron chi connectivity index (χ3n) is 2.43. The molecule has 2 N–H and O–H groups in total. The Hall–Kier alpha value is -1.07. The lowest BCUT2D eigenvalue weighted by Gasteiger charge is -2.09. The molecule has 2 rings (SSSR count). The van der Waals surface area contributed by atoms with Gasteiger partial charge in [-0.3, -0.25) is 4.79 Å². The zero-order valence-corrected chi connectivity index (χ0v) is 9.39. The molecule has 0 aromatic carbocycles. The van der Waals surface area contributed by atoms with Crippen LogP contribution in [0.2, 0.25) is 0 Å². The van der Waals surface area contributed by atoms with Crippen LogP contribution in [0.25, 0.3) is 0 Å². The minimum absolute atomic E-state index is 0.00278. The number of carbonyl (C=O) groups excluding carboxylic acids is 1. The molecule has 4 nitrogen and oxygen atoms in total. The van der Waals surface area contributed by atoms with E-state index >= 15 is 0 Å². The molecule has 0 saturated carbocycles. The van der Waals surface area contributed by atoms with Crippen LogP contribution in [0.1, 0.15) is 16.1 Å². The maximum Gasteiger partial charge on any atom is 0.261 e. The number of thiophene rings is 1. The molecule has 1 amide bonds. The Bertz CT molecular complexity index is 345. The highest BCUT2D eigenvalue weighted by Crippen LogP contribution is 2.21. The van der Waals surface area contributed by atoms with Crippen molar-refractivity contribution < 1.29 is 9.53 Å². The van der Waals surface area contributed by atoms with Crippen molar-refractivity contribution in [2.75, 3.05) is 20.2 Å². The summed E-state index contributed by atoms with van der Waals surface area (Å²) >= 11 is 1.41. The molecule has 15 heavy (non-hydrogen) atoms. The van der Waals surface area contributed by atoms with Crippen LogP contribution < -0.4 is 15.4 Å². The lowest BCUT2D eigenvalue weighted by atomic mass is 10.2. The Morgan fingerprint density at radius 2 is 2.60 bits per heavy atom. The molecule has 0 unspecified atom stereocenters. The molecule has 0 bridgehead atoms. The molecule has 1 aromatic rings.